The quantitative estimate of drug-likeness (QED) is 0.393. The smallest absolute Gasteiger partial charge is 0.178 e. The number of aromatic amines is 1. The molecule has 4 aromatic rings. The molecule has 1 N–H and O–H groups in total. The van der Waals surface area contributed by atoms with Gasteiger partial charge < -0.3 is 4.98 Å². The van der Waals surface area contributed by atoms with Crippen LogP contribution in [0.4, 0.5) is 0 Å². The summed E-state index contributed by atoms with van der Waals surface area (Å²) in [5, 5.41) is 0. The first kappa shape index (κ1) is 22.0. The van der Waals surface area contributed by atoms with Crippen LogP contribution in [0, 0.1) is 6.92 Å². The van der Waals surface area contributed by atoms with Crippen LogP contribution in [0.25, 0.3) is 33.8 Å². The summed E-state index contributed by atoms with van der Waals surface area (Å²) in [5.41, 5.74) is 6.51. The number of rotatable bonds is 6. The summed E-state index contributed by atoms with van der Waals surface area (Å²) in [6, 6.07) is 21.2. The molecule has 5 nitrogen and oxygen atoms in total. The van der Waals surface area contributed by atoms with Gasteiger partial charge in [-0.25, -0.2) is 13.4 Å². The lowest BCUT2D eigenvalue weighted by molar-refractivity contribution is 0.597. The minimum atomic E-state index is -3.21. The van der Waals surface area contributed by atoms with Gasteiger partial charge in [0.2, 0.25) is 0 Å². The third-order valence-electron chi connectivity index (χ3n) is 5.48. The molecule has 0 saturated heterocycles. The Labute approximate surface area is 189 Å². The molecule has 2 aromatic carbocycles. The van der Waals surface area contributed by atoms with Crippen molar-refractivity contribution in [3.8, 4) is 33.8 Å². The summed E-state index contributed by atoms with van der Waals surface area (Å²) in [5.74, 6) is 1.26. The van der Waals surface area contributed by atoms with Crippen LogP contribution in [-0.4, -0.2) is 29.1 Å². The molecule has 0 fully saturated rings. The predicted molar refractivity (Wildman–Crippen MR) is 129 cm³/mol. The van der Waals surface area contributed by atoms with Crippen LogP contribution in [0.5, 0.6) is 0 Å². The third kappa shape index (κ3) is 4.36. The van der Waals surface area contributed by atoms with Gasteiger partial charge in [-0.15, -0.1) is 0 Å². The van der Waals surface area contributed by atoms with E-state index >= 15 is 0 Å². The van der Waals surface area contributed by atoms with Crippen molar-refractivity contribution in [2.24, 2.45) is 0 Å². The fraction of sp³-hybridized carbons (Fsp3) is 0.231. The molecule has 2 heterocycles. The second-order valence-electron chi connectivity index (χ2n) is 8.17. The van der Waals surface area contributed by atoms with E-state index in [0.717, 1.165) is 45.3 Å². The zero-order valence-corrected chi connectivity index (χ0v) is 19.6. The molecule has 2 aromatic heterocycles. The van der Waals surface area contributed by atoms with Gasteiger partial charge >= 0.3 is 0 Å². The third-order valence-corrected chi connectivity index (χ3v) is 7.23. The average molecular weight is 446 g/mol. The minimum Gasteiger partial charge on any atom is -0.340 e. The number of hydrogen-bond donors (Lipinski definition) is 1. The molecule has 164 valence electrons. The van der Waals surface area contributed by atoms with Crippen molar-refractivity contribution < 1.29 is 8.42 Å². The highest BCUT2D eigenvalue weighted by molar-refractivity contribution is 7.91. The number of nitrogens with zero attached hydrogens (tertiary/aromatic N) is 2. The maximum atomic E-state index is 12.1. The van der Waals surface area contributed by atoms with E-state index in [9.17, 15) is 8.42 Å². The highest BCUT2D eigenvalue weighted by atomic mass is 32.2. The number of sulfone groups is 1. The van der Waals surface area contributed by atoms with E-state index in [2.05, 4.69) is 24.9 Å². The van der Waals surface area contributed by atoms with Crippen molar-refractivity contribution in [3.63, 3.8) is 0 Å². The molecule has 0 unspecified atom stereocenters. The Morgan fingerprint density at radius 3 is 2.22 bits per heavy atom. The topological polar surface area (TPSA) is 75.7 Å². The Kier molecular flexibility index (Phi) is 5.98. The Bertz CT molecular complexity index is 1350. The first-order valence-corrected chi connectivity index (χ1v) is 12.4. The number of imidazole rings is 1. The highest BCUT2D eigenvalue weighted by Crippen LogP contribution is 2.33. The van der Waals surface area contributed by atoms with E-state index < -0.39 is 9.84 Å². The van der Waals surface area contributed by atoms with Crippen LogP contribution in [0.2, 0.25) is 0 Å². The normalized spacial score (nSPS) is 11.8. The van der Waals surface area contributed by atoms with Gasteiger partial charge in [-0.2, -0.15) is 0 Å². The van der Waals surface area contributed by atoms with Crippen LogP contribution in [0.3, 0.4) is 0 Å². The molecule has 6 heteroatoms. The molecule has 0 aliphatic carbocycles. The summed E-state index contributed by atoms with van der Waals surface area (Å²) in [6.45, 7) is 7.85. The van der Waals surface area contributed by atoms with Crippen molar-refractivity contribution in [3.05, 3.63) is 78.2 Å². The lowest BCUT2D eigenvalue weighted by Gasteiger charge is -2.08. The van der Waals surface area contributed by atoms with Crippen LogP contribution >= 0.6 is 0 Å². The molecule has 0 atom stereocenters. The Hall–Kier alpha value is -3.25. The Morgan fingerprint density at radius 2 is 1.56 bits per heavy atom. The summed E-state index contributed by atoms with van der Waals surface area (Å²) >= 11 is 0. The molecule has 0 saturated carbocycles. The number of aryl methyl sites for hydroxylation is 1. The molecule has 0 bridgehead atoms. The van der Waals surface area contributed by atoms with E-state index in [1.54, 1.807) is 19.1 Å². The number of aromatic nitrogens is 3. The fourth-order valence-corrected chi connectivity index (χ4v) is 4.49. The van der Waals surface area contributed by atoms with Gasteiger partial charge in [-0.3, -0.25) is 4.98 Å². The second-order valence-corrected chi connectivity index (χ2v) is 10.5. The number of pyridine rings is 1. The monoisotopic (exact) mass is 445 g/mol. The molecular weight excluding hydrogens is 418 g/mol. The predicted octanol–water partition coefficient (Wildman–Crippen LogP) is 6.03. The van der Waals surface area contributed by atoms with Gasteiger partial charge in [0, 0.05) is 17.2 Å². The van der Waals surface area contributed by atoms with Crippen LogP contribution in [-0.2, 0) is 9.84 Å². The Balaban J connectivity index is 1.78. The van der Waals surface area contributed by atoms with Crippen LogP contribution in [0.1, 0.15) is 38.2 Å². The van der Waals surface area contributed by atoms with Gasteiger partial charge in [-0.05, 0) is 48.4 Å². The zero-order chi connectivity index (χ0) is 22.9. The van der Waals surface area contributed by atoms with Gasteiger partial charge in [0.25, 0.3) is 0 Å². The molecule has 0 spiro atoms. The Morgan fingerprint density at radius 1 is 0.875 bits per heavy atom. The van der Waals surface area contributed by atoms with Crippen LogP contribution < -0.4 is 0 Å². The van der Waals surface area contributed by atoms with Crippen molar-refractivity contribution in [1.82, 2.24) is 15.0 Å². The minimum absolute atomic E-state index is 0.0922. The molecular formula is C26H27N3O2S. The SMILES string of the molecule is CCS(=O)(=O)c1ccc(-c2cccc(-c3nc(C(C)C)[nH]c3-c3cccc(C)n3)c2)cc1. The molecule has 0 radical (unpaired) electrons. The molecule has 0 aliphatic heterocycles. The fourth-order valence-electron chi connectivity index (χ4n) is 3.61. The highest BCUT2D eigenvalue weighted by Gasteiger charge is 2.18. The zero-order valence-electron chi connectivity index (χ0n) is 18.8. The van der Waals surface area contributed by atoms with E-state index in [1.807, 2.05) is 55.5 Å². The maximum absolute atomic E-state index is 12.1. The lowest BCUT2D eigenvalue weighted by Crippen LogP contribution is -2.03. The van der Waals surface area contributed by atoms with Crippen molar-refractivity contribution in [2.45, 2.75) is 38.5 Å². The number of benzene rings is 2. The van der Waals surface area contributed by atoms with E-state index in [4.69, 9.17) is 9.97 Å². The maximum Gasteiger partial charge on any atom is 0.178 e. The number of hydrogen-bond acceptors (Lipinski definition) is 4. The van der Waals surface area contributed by atoms with Crippen molar-refractivity contribution in [1.29, 1.82) is 0 Å². The van der Waals surface area contributed by atoms with Gasteiger partial charge in [0.05, 0.1) is 27.7 Å². The van der Waals surface area contributed by atoms with E-state index in [-0.39, 0.29) is 11.7 Å². The lowest BCUT2D eigenvalue weighted by atomic mass is 10.0. The van der Waals surface area contributed by atoms with Crippen molar-refractivity contribution in [2.75, 3.05) is 5.75 Å². The largest absolute Gasteiger partial charge is 0.340 e. The number of H-pyrrole nitrogens is 1. The first-order valence-electron chi connectivity index (χ1n) is 10.8. The standard InChI is InChI=1S/C26H27N3O2S/c1-5-32(30,31)22-14-12-19(13-15-22)20-9-7-10-21(16-20)24-25(29-26(28-24)17(2)3)23-11-6-8-18(4)27-23/h6-17H,5H2,1-4H3,(H,28,29). The first-order chi connectivity index (χ1) is 15.3. The van der Waals surface area contributed by atoms with Crippen molar-refractivity contribution >= 4 is 9.84 Å². The van der Waals surface area contributed by atoms with Crippen LogP contribution in [0.15, 0.2) is 71.6 Å². The summed E-state index contributed by atoms with van der Waals surface area (Å²) in [6.07, 6.45) is 0. The molecule has 32 heavy (non-hydrogen) atoms. The molecule has 0 aliphatic rings. The summed E-state index contributed by atoms with van der Waals surface area (Å²) in [7, 11) is -3.21. The summed E-state index contributed by atoms with van der Waals surface area (Å²) in [4.78, 5) is 13.4. The number of nitrogens with one attached hydrogen (secondary N) is 1. The molecule has 0 amide bonds. The van der Waals surface area contributed by atoms with Gasteiger partial charge in [-0.1, -0.05) is 57.2 Å². The summed E-state index contributed by atoms with van der Waals surface area (Å²) < 4.78 is 24.2. The van der Waals surface area contributed by atoms with E-state index in [0.29, 0.717) is 4.90 Å². The average Bonchev–Trinajstić information content (AvgIpc) is 3.25. The van der Waals surface area contributed by atoms with E-state index in [1.165, 1.54) is 0 Å². The van der Waals surface area contributed by atoms with Gasteiger partial charge in [0.1, 0.15) is 5.82 Å². The molecule has 4 rings (SSSR count). The van der Waals surface area contributed by atoms with Gasteiger partial charge in [0.15, 0.2) is 9.84 Å². The second kappa shape index (κ2) is 8.71.